The predicted molar refractivity (Wildman–Crippen MR) is 145 cm³/mol. The van der Waals surface area contributed by atoms with Crippen molar-refractivity contribution < 1.29 is 14.3 Å². The summed E-state index contributed by atoms with van der Waals surface area (Å²) in [6.45, 7) is 4.19. The fourth-order valence-corrected chi connectivity index (χ4v) is 5.23. The zero-order chi connectivity index (χ0) is 26.6. The van der Waals surface area contributed by atoms with Gasteiger partial charge in [0.25, 0.3) is 11.8 Å². The molecule has 7 heteroatoms. The van der Waals surface area contributed by atoms with Crippen LogP contribution < -0.4 is 4.74 Å². The molecule has 5 rings (SSSR count). The van der Waals surface area contributed by atoms with Crippen molar-refractivity contribution in [3.05, 3.63) is 83.1 Å². The molecule has 0 N–H and O–H groups in total. The second-order valence-corrected chi connectivity index (χ2v) is 9.61. The van der Waals surface area contributed by atoms with Crippen LogP contribution in [0.3, 0.4) is 0 Å². The number of nitriles is 1. The number of imide groups is 1. The maximum absolute atomic E-state index is 13.8. The fraction of sp³-hybridized carbons (Fsp3) is 0.290. The molecule has 1 aromatic heterocycles. The van der Waals surface area contributed by atoms with E-state index < -0.39 is 5.91 Å². The Labute approximate surface area is 222 Å². The number of benzene rings is 2. The Morgan fingerprint density at radius 1 is 1.03 bits per heavy atom. The molecule has 2 aliphatic rings. The van der Waals surface area contributed by atoms with Crippen LogP contribution in [-0.2, 0) is 9.59 Å². The SMILES string of the molecule is CCOc1ccc(-c2nn(-c3ccccc3)cc2/C=C2/C(=O)N(C3CCCCC3)C(=O)C(C#N)=C2C)cc1. The first-order valence-corrected chi connectivity index (χ1v) is 13.1. The molecular weight excluding hydrogens is 476 g/mol. The Morgan fingerprint density at radius 2 is 1.74 bits per heavy atom. The third kappa shape index (κ3) is 4.78. The summed E-state index contributed by atoms with van der Waals surface area (Å²) in [4.78, 5) is 28.3. The topological polar surface area (TPSA) is 88.2 Å². The molecule has 192 valence electrons. The number of amides is 2. The average molecular weight is 507 g/mol. The molecule has 0 bridgehead atoms. The Kier molecular flexibility index (Phi) is 7.23. The van der Waals surface area contributed by atoms with Gasteiger partial charge in [0, 0.05) is 28.9 Å². The molecule has 3 aromatic rings. The van der Waals surface area contributed by atoms with Crippen molar-refractivity contribution in [1.29, 1.82) is 5.26 Å². The Hall–Kier alpha value is -4.44. The zero-order valence-electron chi connectivity index (χ0n) is 21.7. The predicted octanol–water partition coefficient (Wildman–Crippen LogP) is 5.86. The lowest BCUT2D eigenvalue weighted by Crippen LogP contribution is -2.49. The fourth-order valence-electron chi connectivity index (χ4n) is 5.23. The van der Waals surface area contributed by atoms with Gasteiger partial charge in [-0.25, -0.2) is 4.68 Å². The number of aromatic nitrogens is 2. The van der Waals surface area contributed by atoms with Crippen molar-refractivity contribution >= 4 is 17.9 Å². The lowest BCUT2D eigenvalue weighted by molar-refractivity contribution is -0.143. The Bertz CT molecular complexity index is 1450. The van der Waals surface area contributed by atoms with Gasteiger partial charge in [-0.3, -0.25) is 14.5 Å². The van der Waals surface area contributed by atoms with Gasteiger partial charge >= 0.3 is 0 Å². The minimum absolute atomic E-state index is 0.0273. The number of rotatable bonds is 6. The molecule has 0 saturated heterocycles. The standard InChI is InChI=1S/C31H30N4O3/c1-3-38-26-16-14-22(15-17-26)29-23(20-34(33-29)24-10-6-4-7-11-24)18-27-21(2)28(19-32)31(37)35(30(27)36)25-12-8-5-9-13-25/h4,6-7,10-11,14-18,20,25H,3,5,8-9,12-13H2,1-2H3/b27-18+. The smallest absolute Gasteiger partial charge is 0.271 e. The molecule has 0 atom stereocenters. The van der Waals surface area contributed by atoms with Crippen LogP contribution in [0.2, 0.25) is 0 Å². The first-order chi connectivity index (χ1) is 18.5. The first kappa shape index (κ1) is 25.2. The van der Waals surface area contributed by atoms with E-state index in [2.05, 4.69) is 6.07 Å². The number of hydrogen-bond acceptors (Lipinski definition) is 5. The van der Waals surface area contributed by atoms with E-state index in [-0.39, 0.29) is 17.5 Å². The van der Waals surface area contributed by atoms with Crippen LogP contribution in [0.1, 0.15) is 51.5 Å². The van der Waals surface area contributed by atoms with Crippen molar-refractivity contribution in [1.82, 2.24) is 14.7 Å². The van der Waals surface area contributed by atoms with E-state index in [0.717, 1.165) is 54.7 Å². The molecule has 0 unspecified atom stereocenters. The summed E-state index contributed by atoms with van der Waals surface area (Å²) < 4.78 is 7.38. The Morgan fingerprint density at radius 3 is 2.39 bits per heavy atom. The van der Waals surface area contributed by atoms with Crippen LogP contribution in [0.15, 0.2) is 77.5 Å². The molecule has 2 heterocycles. The number of carbonyl (C=O) groups is 2. The summed E-state index contributed by atoms with van der Waals surface area (Å²) in [7, 11) is 0. The van der Waals surface area contributed by atoms with Gasteiger partial charge in [-0.05, 0) is 74.7 Å². The monoisotopic (exact) mass is 506 g/mol. The number of carbonyl (C=O) groups excluding carboxylic acids is 2. The van der Waals surface area contributed by atoms with E-state index in [9.17, 15) is 14.9 Å². The molecule has 1 aliphatic carbocycles. The van der Waals surface area contributed by atoms with Crippen molar-refractivity contribution in [2.45, 2.75) is 52.0 Å². The lowest BCUT2D eigenvalue weighted by atomic mass is 9.88. The molecule has 38 heavy (non-hydrogen) atoms. The maximum Gasteiger partial charge on any atom is 0.271 e. The molecule has 1 fully saturated rings. The minimum Gasteiger partial charge on any atom is -0.494 e. The van der Waals surface area contributed by atoms with Gasteiger partial charge in [0.1, 0.15) is 17.4 Å². The molecule has 2 amide bonds. The van der Waals surface area contributed by atoms with Gasteiger partial charge in [0.15, 0.2) is 0 Å². The number of hydrogen-bond donors (Lipinski definition) is 0. The minimum atomic E-state index is -0.481. The van der Waals surface area contributed by atoms with Crippen molar-refractivity contribution in [2.24, 2.45) is 0 Å². The number of ether oxygens (including phenoxy) is 1. The summed E-state index contributed by atoms with van der Waals surface area (Å²) in [5.74, 6) is -0.0607. The third-order valence-electron chi connectivity index (χ3n) is 7.21. The second-order valence-electron chi connectivity index (χ2n) is 9.61. The summed E-state index contributed by atoms with van der Waals surface area (Å²) in [5, 5.41) is 14.7. The summed E-state index contributed by atoms with van der Waals surface area (Å²) in [5.41, 5.74) is 3.93. The van der Waals surface area contributed by atoms with Crippen molar-refractivity contribution in [3.8, 4) is 28.8 Å². The highest BCUT2D eigenvalue weighted by Crippen LogP contribution is 2.34. The van der Waals surface area contributed by atoms with E-state index in [0.29, 0.717) is 23.4 Å². The lowest BCUT2D eigenvalue weighted by Gasteiger charge is -2.36. The van der Waals surface area contributed by atoms with Crippen LogP contribution in [0, 0.1) is 11.3 Å². The molecule has 0 radical (unpaired) electrons. The van der Waals surface area contributed by atoms with Crippen LogP contribution in [0.5, 0.6) is 5.75 Å². The summed E-state index contributed by atoms with van der Waals surface area (Å²) in [6, 6.07) is 19.3. The molecule has 2 aromatic carbocycles. The highest BCUT2D eigenvalue weighted by molar-refractivity contribution is 6.20. The quantitative estimate of drug-likeness (QED) is 0.309. The van der Waals surface area contributed by atoms with E-state index in [1.54, 1.807) is 17.7 Å². The van der Waals surface area contributed by atoms with Gasteiger partial charge < -0.3 is 4.74 Å². The summed E-state index contributed by atoms with van der Waals surface area (Å²) in [6.07, 6.45) is 8.23. The molecule has 1 aliphatic heterocycles. The summed E-state index contributed by atoms with van der Waals surface area (Å²) >= 11 is 0. The largest absolute Gasteiger partial charge is 0.494 e. The van der Waals surface area contributed by atoms with E-state index >= 15 is 0 Å². The number of nitrogens with zero attached hydrogens (tertiary/aromatic N) is 4. The van der Waals surface area contributed by atoms with Crippen LogP contribution in [0.4, 0.5) is 0 Å². The maximum atomic E-state index is 13.8. The molecule has 1 saturated carbocycles. The van der Waals surface area contributed by atoms with Crippen LogP contribution >= 0.6 is 0 Å². The zero-order valence-corrected chi connectivity index (χ0v) is 21.7. The van der Waals surface area contributed by atoms with Gasteiger partial charge in [0.05, 0.1) is 18.0 Å². The van der Waals surface area contributed by atoms with Gasteiger partial charge in [-0.1, -0.05) is 37.5 Å². The van der Waals surface area contributed by atoms with E-state index in [1.165, 1.54) is 4.90 Å². The molecule has 7 nitrogen and oxygen atoms in total. The van der Waals surface area contributed by atoms with Crippen LogP contribution in [-0.4, -0.2) is 39.1 Å². The average Bonchev–Trinajstić information content (AvgIpc) is 3.37. The molecular formula is C31H30N4O3. The highest BCUT2D eigenvalue weighted by Gasteiger charge is 2.40. The van der Waals surface area contributed by atoms with Gasteiger partial charge in [-0.2, -0.15) is 10.4 Å². The second kappa shape index (κ2) is 10.9. The first-order valence-electron chi connectivity index (χ1n) is 13.1. The van der Waals surface area contributed by atoms with E-state index in [4.69, 9.17) is 9.84 Å². The normalized spacial score (nSPS) is 17.7. The highest BCUT2D eigenvalue weighted by atomic mass is 16.5. The molecule has 0 spiro atoms. The van der Waals surface area contributed by atoms with Crippen molar-refractivity contribution in [3.63, 3.8) is 0 Å². The number of para-hydroxylation sites is 1. The Balaban J connectivity index is 1.64. The van der Waals surface area contributed by atoms with Gasteiger partial charge in [0.2, 0.25) is 0 Å². The third-order valence-corrected chi connectivity index (χ3v) is 7.21. The van der Waals surface area contributed by atoms with Gasteiger partial charge in [-0.15, -0.1) is 0 Å². The van der Waals surface area contributed by atoms with Crippen LogP contribution in [0.25, 0.3) is 23.0 Å². The van der Waals surface area contributed by atoms with Crippen molar-refractivity contribution in [2.75, 3.05) is 6.61 Å². The van der Waals surface area contributed by atoms with E-state index in [1.807, 2.05) is 67.7 Å².